The summed E-state index contributed by atoms with van der Waals surface area (Å²) in [6.45, 7) is 3.48. The molecule has 0 radical (unpaired) electrons. The molecule has 0 aromatic rings. The number of rotatable bonds is 0. The van der Waals surface area contributed by atoms with Crippen LogP contribution in [0.2, 0.25) is 0 Å². The van der Waals surface area contributed by atoms with Gasteiger partial charge in [-0.25, -0.2) is 0 Å². The summed E-state index contributed by atoms with van der Waals surface area (Å²) in [5.41, 5.74) is 0. The minimum absolute atomic E-state index is 0.983. The van der Waals surface area contributed by atoms with Crippen LogP contribution in [0, 0.1) is 0 Å². The van der Waals surface area contributed by atoms with Gasteiger partial charge >= 0.3 is 38.4 Å². The third kappa shape index (κ3) is 14.7. The van der Waals surface area contributed by atoms with E-state index in [1.807, 2.05) is 18.4 Å². The van der Waals surface area contributed by atoms with Gasteiger partial charge in [-0.2, -0.15) is 0 Å². The number of piperidine rings is 1. The first-order valence-corrected chi connectivity index (χ1v) is 15.5. The molecule has 2 nitrogen and oxygen atoms in total. The predicted octanol–water partition coefficient (Wildman–Crippen LogP) is 2.80. The van der Waals surface area contributed by atoms with Crippen LogP contribution in [0.4, 0.5) is 0 Å². The van der Waals surface area contributed by atoms with Crippen LogP contribution < -0.4 is 10.6 Å². The Labute approximate surface area is 112 Å². The molecule has 0 saturated carbocycles. The fraction of sp³-hybridized carbons (Fsp3) is 0.600. The van der Waals surface area contributed by atoms with Crippen LogP contribution in [-0.2, 0) is 21.8 Å². The molecule has 2 aliphatic rings. The fourth-order valence-corrected chi connectivity index (χ4v) is 1.21. The first kappa shape index (κ1) is 15.7. The second-order valence-electron chi connectivity index (χ2n) is 3.11. The number of halogens is 2. The first-order chi connectivity index (χ1) is 7.41. The molecule has 0 aromatic heterocycles. The molecule has 15 heavy (non-hydrogen) atoms. The number of hydrogen-bond donors (Lipinski definition) is 2. The van der Waals surface area contributed by atoms with E-state index < -0.39 is 21.8 Å². The molecule has 1 fully saturated rings. The fourth-order valence-electron chi connectivity index (χ4n) is 1.21. The van der Waals surface area contributed by atoms with E-state index in [4.69, 9.17) is 16.6 Å². The second-order valence-corrected chi connectivity index (χ2v) is 9.10. The summed E-state index contributed by atoms with van der Waals surface area (Å²) in [5.74, 6) is 0. The van der Waals surface area contributed by atoms with Gasteiger partial charge < -0.3 is 10.6 Å². The molecule has 0 unspecified atom stereocenters. The first-order valence-electron chi connectivity index (χ1n) is 5.29. The third-order valence-corrected chi connectivity index (χ3v) is 1.90. The Kier molecular flexibility index (Phi) is 15.5. The van der Waals surface area contributed by atoms with Gasteiger partial charge in [0.1, 0.15) is 0 Å². The number of allylic oxidation sites excluding steroid dienone is 2. The summed E-state index contributed by atoms with van der Waals surface area (Å²) in [6.07, 6.45) is 12.2. The van der Waals surface area contributed by atoms with Crippen molar-refractivity contribution in [2.45, 2.75) is 19.3 Å². The SMILES string of the molecule is C1=CCNC=C1.C1CCNCC1.[Cl][Cd][Cl]. The van der Waals surface area contributed by atoms with Crippen LogP contribution in [-0.4, -0.2) is 19.6 Å². The van der Waals surface area contributed by atoms with Crippen LogP contribution in [0.5, 0.6) is 0 Å². The molecule has 84 valence electrons. The van der Waals surface area contributed by atoms with Gasteiger partial charge in [0.25, 0.3) is 0 Å². The van der Waals surface area contributed by atoms with E-state index >= 15 is 0 Å². The van der Waals surface area contributed by atoms with E-state index in [0.717, 1.165) is 6.54 Å². The van der Waals surface area contributed by atoms with Gasteiger partial charge in [0, 0.05) is 6.54 Å². The molecule has 0 spiro atoms. The maximum atomic E-state index is 4.97. The van der Waals surface area contributed by atoms with Crippen LogP contribution in [0.1, 0.15) is 19.3 Å². The molecule has 2 heterocycles. The monoisotopic (exact) mass is 350 g/mol. The van der Waals surface area contributed by atoms with E-state index in [1.165, 1.54) is 32.4 Å². The van der Waals surface area contributed by atoms with Gasteiger partial charge in [0.15, 0.2) is 0 Å². The van der Waals surface area contributed by atoms with Crippen molar-refractivity contribution in [1.82, 2.24) is 10.6 Å². The molecule has 2 rings (SSSR count). The molecule has 5 heteroatoms. The molecule has 0 bridgehead atoms. The summed E-state index contributed by atoms with van der Waals surface area (Å²) >= 11 is -1.07. The summed E-state index contributed by atoms with van der Waals surface area (Å²) in [5, 5.41) is 6.30. The Bertz CT molecular complexity index is 147. The summed E-state index contributed by atoms with van der Waals surface area (Å²) in [6, 6.07) is 0. The van der Waals surface area contributed by atoms with E-state index in [-0.39, 0.29) is 0 Å². The predicted molar refractivity (Wildman–Crippen MR) is 64.7 cm³/mol. The Morgan fingerprint density at radius 3 is 1.80 bits per heavy atom. The average Bonchev–Trinajstić information content (AvgIpc) is 2.35. The van der Waals surface area contributed by atoms with Crippen molar-refractivity contribution in [3.8, 4) is 0 Å². The van der Waals surface area contributed by atoms with Gasteiger partial charge in [0.2, 0.25) is 0 Å². The molecule has 0 aliphatic carbocycles. The zero-order valence-electron chi connectivity index (χ0n) is 9.02. The van der Waals surface area contributed by atoms with Crippen LogP contribution in [0.25, 0.3) is 0 Å². The second kappa shape index (κ2) is 14.7. The van der Waals surface area contributed by atoms with E-state index in [2.05, 4.69) is 16.7 Å². The Morgan fingerprint density at radius 1 is 1.00 bits per heavy atom. The molecule has 0 amide bonds. The summed E-state index contributed by atoms with van der Waals surface area (Å²) in [4.78, 5) is 0. The minimum atomic E-state index is -1.07. The molecule has 2 N–H and O–H groups in total. The van der Waals surface area contributed by atoms with Gasteiger partial charge in [-0.15, -0.1) is 0 Å². The number of nitrogens with one attached hydrogen (secondary N) is 2. The molecular weight excluding hydrogens is 331 g/mol. The van der Waals surface area contributed by atoms with Gasteiger partial charge in [-0.3, -0.25) is 0 Å². The van der Waals surface area contributed by atoms with Crippen molar-refractivity contribution >= 4 is 16.6 Å². The molecule has 0 aromatic carbocycles. The number of hydrogen-bond acceptors (Lipinski definition) is 2. The van der Waals surface area contributed by atoms with Crippen LogP contribution >= 0.6 is 16.6 Å². The van der Waals surface area contributed by atoms with Crippen molar-refractivity contribution in [3.05, 3.63) is 24.4 Å². The van der Waals surface area contributed by atoms with E-state index in [1.54, 1.807) is 0 Å². The van der Waals surface area contributed by atoms with Crippen LogP contribution in [0.3, 0.4) is 0 Å². The standard InChI is InChI=1S/C5H11N.C5H7N.Cd.2ClH/c2*1-2-4-6-5-3-1;;;/h6H,1-5H2;1-4,6H,5H2;;2*1H/q;;+2;;/p-2. The Hall–Kier alpha value is 0.742. The van der Waals surface area contributed by atoms with Crippen molar-refractivity contribution in [2.24, 2.45) is 0 Å². The van der Waals surface area contributed by atoms with Gasteiger partial charge in [-0.05, 0) is 38.2 Å². The quantitative estimate of drug-likeness (QED) is 0.657. The molecule has 1 saturated heterocycles. The summed E-state index contributed by atoms with van der Waals surface area (Å²) in [7, 11) is 9.95. The molecular formula is C10H18CdCl2N2. The van der Waals surface area contributed by atoms with Gasteiger partial charge in [-0.1, -0.05) is 18.6 Å². The normalized spacial score (nSPS) is 17.2. The Morgan fingerprint density at radius 2 is 1.67 bits per heavy atom. The third-order valence-electron chi connectivity index (χ3n) is 1.90. The summed E-state index contributed by atoms with van der Waals surface area (Å²) < 4.78 is 0. The van der Waals surface area contributed by atoms with Crippen molar-refractivity contribution in [2.75, 3.05) is 19.6 Å². The zero-order chi connectivity index (χ0) is 11.2. The maximum absolute atomic E-state index is 4.97. The van der Waals surface area contributed by atoms with Gasteiger partial charge in [0.05, 0.1) is 0 Å². The Balaban J connectivity index is 0.000000210. The molecule has 2 aliphatic heterocycles. The average molecular weight is 350 g/mol. The van der Waals surface area contributed by atoms with Crippen molar-refractivity contribution in [1.29, 1.82) is 0 Å². The van der Waals surface area contributed by atoms with Crippen molar-refractivity contribution < 1.29 is 21.8 Å². The number of dihydropyridines is 1. The molecule has 0 atom stereocenters. The van der Waals surface area contributed by atoms with Crippen molar-refractivity contribution in [3.63, 3.8) is 0 Å². The van der Waals surface area contributed by atoms with Crippen LogP contribution in [0.15, 0.2) is 24.4 Å². The zero-order valence-corrected chi connectivity index (χ0v) is 14.6. The topological polar surface area (TPSA) is 24.1 Å². The van der Waals surface area contributed by atoms with E-state index in [9.17, 15) is 0 Å². The van der Waals surface area contributed by atoms with E-state index in [0.29, 0.717) is 0 Å².